The van der Waals surface area contributed by atoms with Crippen molar-refractivity contribution in [3.05, 3.63) is 33.8 Å². The Balaban J connectivity index is 2.20. The van der Waals surface area contributed by atoms with Crippen molar-refractivity contribution in [2.75, 3.05) is 18.5 Å². The fourth-order valence-electron chi connectivity index (χ4n) is 2.25. The van der Waals surface area contributed by atoms with E-state index in [2.05, 4.69) is 22.0 Å². The smallest absolute Gasteiger partial charge is 0.0624 e. The van der Waals surface area contributed by atoms with Crippen LogP contribution in [0, 0.1) is 5.41 Å². The Morgan fingerprint density at radius 2 is 1.94 bits per heavy atom. The van der Waals surface area contributed by atoms with Gasteiger partial charge >= 0.3 is 0 Å². The number of benzene rings is 1. The number of hydrogen-bond acceptors (Lipinski definition) is 1. The van der Waals surface area contributed by atoms with Gasteiger partial charge in [0.25, 0.3) is 0 Å². The van der Waals surface area contributed by atoms with Gasteiger partial charge < -0.3 is 4.74 Å². The molecule has 0 unspecified atom stereocenters. The lowest BCUT2D eigenvalue weighted by molar-refractivity contribution is 0.0270. The van der Waals surface area contributed by atoms with Gasteiger partial charge in [0, 0.05) is 18.5 Å². The van der Waals surface area contributed by atoms with Gasteiger partial charge in [-0.15, -0.1) is 0 Å². The van der Waals surface area contributed by atoms with Crippen molar-refractivity contribution in [3.8, 4) is 0 Å². The second kappa shape index (κ2) is 5.92. The maximum atomic E-state index is 6.25. The molecule has 0 spiro atoms. The number of ether oxygens (including phenoxy) is 1. The Kier molecular flexibility index (Phi) is 4.76. The van der Waals surface area contributed by atoms with E-state index in [1.165, 1.54) is 0 Å². The molecule has 0 N–H and O–H groups in total. The summed E-state index contributed by atoms with van der Waals surface area (Å²) in [6, 6.07) is 5.86. The molecule has 0 aromatic heterocycles. The van der Waals surface area contributed by atoms with E-state index in [0.717, 1.165) is 43.4 Å². The largest absolute Gasteiger partial charge is 0.381 e. The minimum Gasteiger partial charge on any atom is -0.381 e. The topological polar surface area (TPSA) is 9.23 Å². The lowest BCUT2D eigenvalue weighted by Crippen LogP contribution is -2.33. The van der Waals surface area contributed by atoms with Crippen LogP contribution in [-0.4, -0.2) is 18.5 Å². The second-order valence-corrected chi connectivity index (χ2v) is 5.98. The average Bonchev–Trinajstić information content (AvgIpc) is 2.36. The quantitative estimate of drug-likeness (QED) is 0.724. The van der Waals surface area contributed by atoms with Crippen molar-refractivity contribution < 1.29 is 4.74 Å². The molecule has 1 aromatic rings. The maximum absolute atomic E-state index is 6.25. The summed E-state index contributed by atoms with van der Waals surface area (Å²) >= 11 is 15.9. The lowest BCUT2D eigenvalue weighted by Gasteiger charge is -2.36. The van der Waals surface area contributed by atoms with E-state index in [-0.39, 0.29) is 5.41 Å². The van der Waals surface area contributed by atoms with Crippen molar-refractivity contribution in [2.45, 2.75) is 19.3 Å². The first kappa shape index (κ1) is 13.7. The third-order valence-electron chi connectivity index (χ3n) is 3.43. The molecule has 0 saturated carbocycles. The zero-order valence-electron chi connectivity index (χ0n) is 9.52. The van der Waals surface area contributed by atoms with E-state index >= 15 is 0 Å². The van der Waals surface area contributed by atoms with Crippen LogP contribution in [0.25, 0.3) is 0 Å². The van der Waals surface area contributed by atoms with E-state index in [0.29, 0.717) is 10.0 Å². The van der Waals surface area contributed by atoms with Crippen LogP contribution < -0.4 is 0 Å². The molecule has 94 valence electrons. The van der Waals surface area contributed by atoms with E-state index in [1.54, 1.807) is 0 Å². The Morgan fingerprint density at radius 3 is 2.59 bits per heavy atom. The molecule has 1 aliphatic heterocycles. The van der Waals surface area contributed by atoms with Crippen molar-refractivity contribution in [2.24, 2.45) is 5.41 Å². The van der Waals surface area contributed by atoms with Crippen LogP contribution in [0.4, 0.5) is 0 Å². The van der Waals surface area contributed by atoms with Crippen LogP contribution in [0.5, 0.6) is 0 Å². The minimum atomic E-state index is 0.257. The molecule has 0 aliphatic carbocycles. The molecule has 4 heteroatoms. The monoisotopic (exact) mass is 336 g/mol. The zero-order chi connectivity index (χ0) is 12.3. The molecular formula is C13H15BrCl2O. The summed E-state index contributed by atoms with van der Waals surface area (Å²) < 4.78 is 5.44. The summed E-state index contributed by atoms with van der Waals surface area (Å²) in [7, 11) is 0. The van der Waals surface area contributed by atoms with Crippen molar-refractivity contribution in [1.29, 1.82) is 0 Å². The van der Waals surface area contributed by atoms with E-state index in [4.69, 9.17) is 27.9 Å². The third-order valence-corrected chi connectivity index (χ3v) is 5.48. The van der Waals surface area contributed by atoms with Gasteiger partial charge in [-0.1, -0.05) is 51.3 Å². The van der Waals surface area contributed by atoms with E-state index < -0.39 is 0 Å². The zero-order valence-corrected chi connectivity index (χ0v) is 12.6. The first-order valence-electron chi connectivity index (χ1n) is 5.73. The molecule has 0 amide bonds. The Labute approximate surface area is 121 Å². The maximum Gasteiger partial charge on any atom is 0.0624 e. The number of halogens is 3. The number of alkyl halides is 1. The molecule has 1 fully saturated rings. The molecule has 1 aromatic carbocycles. The molecule has 2 rings (SSSR count). The van der Waals surface area contributed by atoms with Gasteiger partial charge in [-0.05, 0) is 36.3 Å². The van der Waals surface area contributed by atoms with Crippen molar-refractivity contribution in [3.63, 3.8) is 0 Å². The molecule has 17 heavy (non-hydrogen) atoms. The van der Waals surface area contributed by atoms with Crippen LogP contribution in [-0.2, 0) is 11.2 Å². The number of hydrogen-bond donors (Lipinski definition) is 0. The average molecular weight is 338 g/mol. The van der Waals surface area contributed by atoms with Crippen LogP contribution in [0.15, 0.2) is 18.2 Å². The molecule has 1 saturated heterocycles. The summed E-state index contributed by atoms with van der Waals surface area (Å²) in [4.78, 5) is 0. The molecular weight excluding hydrogens is 323 g/mol. The highest BCUT2D eigenvalue weighted by Gasteiger charge is 2.32. The predicted octanol–water partition coefficient (Wildman–Crippen LogP) is 4.73. The standard InChI is InChI=1S/C13H15BrCl2O/c14-9-13(4-6-17-7-5-13)8-10-2-1-3-11(15)12(10)16/h1-3H,4-9H2. The van der Waals surface area contributed by atoms with Gasteiger partial charge in [0.05, 0.1) is 10.0 Å². The van der Waals surface area contributed by atoms with Gasteiger partial charge in [-0.2, -0.15) is 0 Å². The first-order valence-corrected chi connectivity index (χ1v) is 7.61. The van der Waals surface area contributed by atoms with Crippen LogP contribution in [0.3, 0.4) is 0 Å². The Morgan fingerprint density at radius 1 is 1.24 bits per heavy atom. The van der Waals surface area contributed by atoms with Crippen molar-refractivity contribution in [1.82, 2.24) is 0 Å². The van der Waals surface area contributed by atoms with E-state index in [1.807, 2.05) is 12.1 Å². The fraction of sp³-hybridized carbons (Fsp3) is 0.538. The summed E-state index contributed by atoms with van der Waals surface area (Å²) in [6.07, 6.45) is 3.10. The van der Waals surface area contributed by atoms with Gasteiger partial charge in [0.2, 0.25) is 0 Å². The summed E-state index contributed by atoms with van der Waals surface area (Å²) in [5, 5.41) is 2.31. The van der Waals surface area contributed by atoms with Gasteiger partial charge in [0.15, 0.2) is 0 Å². The summed E-state index contributed by atoms with van der Waals surface area (Å²) in [5.74, 6) is 0. The van der Waals surface area contributed by atoms with Crippen LogP contribution in [0.2, 0.25) is 10.0 Å². The summed E-state index contributed by atoms with van der Waals surface area (Å²) in [6.45, 7) is 1.67. The number of rotatable bonds is 3. The molecule has 1 heterocycles. The minimum absolute atomic E-state index is 0.257. The van der Waals surface area contributed by atoms with Gasteiger partial charge in [0.1, 0.15) is 0 Å². The summed E-state index contributed by atoms with van der Waals surface area (Å²) in [5.41, 5.74) is 1.40. The molecule has 1 aliphatic rings. The predicted molar refractivity (Wildman–Crippen MR) is 76.4 cm³/mol. The van der Waals surface area contributed by atoms with Crippen LogP contribution >= 0.6 is 39.1 Å². The highest BCUT2D eigenvalue weighted by Crippen LogP contribution is 2.38. The van der Waals surface area contributed by atoms with E-state index in [9.17, 15) is 0 Å². The molecule has 1 nitrogen and oxygen atoms in total. The lowest BCUT2D eigenvalue weighted by atomic mass is 9.77. The normalized spacial score (nSPS) is 19.2. The third kappa shape index (κ3) is 3.17. The second-order valence-electron chi connectivity index (χ2n) is 4.64. The Bertz CT molecular complexity index is 389. The highest BCUT2D eigenvalue weighted by molar-refractivity contribution is 9.09. The molecule has 0 atom stereocenters. The van der Waals surface area contributed by atoms with Crippen LogP contribution in [0.1, 0.15) is 18.4 Å². The molecule has 0 radical (unpaired) electrons. The highest BCUT2D eigenvalue weighted by atomic mass is 79.9. The van der Waals surface area contributed by atoms with Gasteiger partial charge in [-0.25, -0.2) is 0 Å². The first-order chi connectivity index (χ1) is 8.17. The SMILES string of the molecule is Clc1cccc(CC2(CBr)CCOCC2)c1Cl. The fourth-order valence-corrected chi connectivity index (χ4v) is 3.40. The van der Waals surface area contributed by atoms with Crippen molar-refractivity contribution >= 4 is 39.1 Å². The molecule has 0 bridgehead atoms. The van der Waals surface area contributed by atoms with Gasteiger partial charge in [-0.3, -0.25) is 0 Å². The Hall–Kier alpha value is 0.240.